The van der Waals surface area contributed by atoms with Crippen molar-refractivity contribution < 1.29 is 9.90 Å². The van der Waals surface area contributed by atoms with Crippen LogP contribution >= 0.6 is 0 Å². The molecule has 1 heterocycles. The van der Waals surface area contributed by atoms with Gasteiger partial charge in [-0.25, -0.2) is 0 Å². The molecule has 1 aliphatic heterocycles. The highest BCUT2D eigenvalue weighted by Crippen LogP contribution is 2.17. The molecule has 1 aliphatic rings. The van der Waals surface area contributed by atoms with Gasteiger partial charge in [0.15, 0.2) is 0 Å². The predicted molar refractivity (Wildman–Crippen MR) is 55.3 cm³/mol. The summed E-state index contributed by atoms with van der Waals surface area (Å²) in [6.07, 6.45) is 1.69. The largest absolute Gasteiger partial charge is 0.481 e. The van der Waals surface area contributed by atoms with Crippen LogP contribution < -0.4 is 5.32 Å². The summed E-state index contributed by atoms with van der Waals surface area (Å²) in [4.78, 5) is 13.2. The zero-order valence-electron chi connectivity index (χ0n) is 8.99. The number of aliphatic carboxylic acids is 1. The molecular weight excluding hydrogens is 180 g/mol. The summed E-state index contributed by atoms with van der Waals surface area (Å²) < 4.78 is 0. The summed E-state index contributed by atoms with van der Waals surface area (Å²) in [7, 11) is 2.05. The zero-order chi connectivity index (χ0) is 10.6. The topological polar surface area (TPSA) is 52.6 Å². The van der Waals surface area contributed by atoms with Crippen LogP contribution in [-0.4, -0.2) is 48.7 Å². The molecule has 0 bridgehead atoms. The Morgan fingerprint density at radius 3 is 2.71 bits per heavy atom. The SMILES string of the molecule is CCNC1CCN(C)CCC1C(=O)O. The average molecular weight is 200 g/mol. The highest BCUT2D eigenvalue weighted by molar-refractivity contribution is 5.71. The zero-order valence-corrected chi connectivity index (χ0v) is 8.99. The van der Waals surface area contributed by atoms with Gasteiger partial charge in [0, 0.05) is 6.04 Å². The number of carboxylic acid groups (broad SMARTS) is 1. The van der Waals surface area contributed by atoms with E-state index in [0.29, 0.717) is 0 Å². The first-order chi connectivity index (χ1) is 6.65. The van der Waals surface area contributed by atoms with Crippen molar-refractivity contribution in [2.45, 2.75) is 25.8 Å². The van der Waals surface area contributed by atoms with E-state index in [2.05, 4.69) is 10.2 Å². The number of likely N-dealkylation sites (tertiary alicyclic amines) is 1. The molecule has 0 amide bonds. The van der Waals surface area contributed by atoms with Gasteiger partial charge in [-0.15, -0.1) is 0 Å². The molecule has 2 N–H and O–H groups in total. The van der Waals surface area contributed by atoms with E-state index in [9.17, 15) is 4.79 Å². The minimum absolute atomic E-state index is 0.141. The molecule has 0 aromatic rings. The number of carboxylic acids is 1. The lowest BCUT2D eigenvalue weighted by atomic mass is 9.95. The first kappa shape index (κ1) is 11.5. The second-order valence-electron chi connectivity index (χ2n) is 3.99. The molecule has 14 heavy (non-hydrogen) atoms. The molecule has 1 saturated heterocycles. The summed E-state index contributed by atoms with van der Waals surface area (Å²) in [5, 5.41) is 12.4. The molecule has 4 nitrogen and oxygen atoms in total. The third-order valence-corrected chi connectivity index (χ3v) is 2.91. The highest BCUT2D eigenvalue weighted by atomic mass is 16.4. The van der Waals surface area contributed by atoms with Gasteiger partial charge in [-0.05, 0) is 39.5 Å². The van der Waals surface area contributed by atoms with Crippen LogP contribution in [0.2, 0.25) is 0 Å². The maximum Gasteiger partial charge on any atom is 0.308 e. The summed E-state index contributed by atoms with van der Waals surface area (Å²) in [6.45, 7) is 4.74. The molecule has 1 fully saturated rings. The van der Waals surface area contributed by atoms with Crippen molar-refractivity contribution in [3.05, 3.63) is 0 Å². The van der Waals surface area contributed by atoms with Crippen LogP contribution in [0.25, 0.3) is 0 Å². The summed E-state index contributed by atoms with van der Waals surface area (Å²) in [5.41, 5.74) is 0. The van der Waals surface area contributed by atoms with E-state index in [0.717, 1.165) is 32.5 Å². The molecule has 0 saturated carbocycles. The minimum atomic E-state index is -0.661. The smallest absolute Gasteiger partial charge is 0.308 e. The van der Waals surface area contributed by atoms with E-state index in [1.165, 1.54) is 0 Å². The van der Waals surface area contributed by atoms with Gasteiger partial charge in [0.05, 0.1) is 5.92 Å². The molecule has 0 radical (unpaired) electrons. The molecule has 4 heteroatoms. The number of carbonyl (C=O) groups is 1. The van der Waals surface area contributed by atoms with Crippen molar-refractivity contribution in [2.75, 3.05) is 26.7 Å². The van der Waals surface area contributed by atoms with Gasteiger partial charge in [0.1, 0.15) is 0 Å². The lowest BCUT2D eigenvalue weighted by Gasteiger charge is -2.21. The molecule has 2 unspecified atom stereocenters. The Morgan fingerprint density at radius 2 is 2.14 bits per heavy atom. The maximum absolute atomic E-state index is 11.0. The predicted octanol–water partition coefficient (Wildman–Crippen LogP) is 0.391. The van der Waals surface area contributed by atoms with E-state index in [4.69, 9.17) is 5.11 Å². The van der Waals surface area contributed by atoms with Crippen LogP contribution in [0, 0.1) is 5.92 Å². The van der Waals surface area contributed by atoms with Crippen LogP contribution in [0.5, 0.6) is 0 Å². The van der Waals surface area contributed by atoms with Crippen molar-refractivity contribution in [3.63, 3.8) is 0 Å². The Balaban J connectivity index is 2.60. The second-order valence-corrected chi connectivity index (χ2v) is 3.99. The fourth-order valence-electron chi connectivity index (χ4n) is 2.04. The monoisotopic (exact) mass is 200 g/mol. The first-order valence-corrected chi connectivity index (χ1v) is 5.30. The molecular formula is C10H20N2O2. The summed E-state index contributed by atoms with van der Waals surface area (Å²) in [5.74, 6) is -0.883. The Bertz CT molecular complexity index is 197. The van der Waals surface area contributed by atoms with Crippen molar-refractivity contribution in [1.82, 2.24) is 10.2 Å². The van der Waals surface area contributed by atoms with E-state index < -0.39 is 5.97 Å². The minimum Gasteiger partial charge on any atom is -0.481 e. The molecule has 0 spiro atoms. The van der Waals surface area contributed by atoms with Gasteiger partial charge in [0.25, 0.3) is 0 Å². The van der Waals surface area contributed by atoms with Crippen molar-refractivity contribution in [1.29, 1.82) is 0 Å². The Kier molecular flexibility index (Phi) is 4.35. The quantitative estimate of drug-likeness (QED) is 0.692. The second kappa shape index (κ2) is 5.32. The number of hydrogen-bond donors (Lipinski definition) is 2. The number of hydrogen-bond acceptors (Lipinski definition) is 3. The van der Waals surface area contributed by atoms with Gasteiger partial charge in [0.2, 0.25) is 0 Å². The third-order valence-electron chi connectivity index (χ3n) is 2.91. The number of nitrogens with one attached hydrogen (secondary N) is 1. The van der Waals surface area contributed by atoms with Gasteiger partial charge >= 0.3 is 5.97 Å². The van der Waals surface area contributed by atoms with Crippen molar-refractivity contribution in [2.24, 2.45) is 5.92 Å². The standard InChI is InChI=1S/C10H20N2O2/c1-3-11-9-5-7-12(2)6-4-8(9)10(13)14/h8-9,11H,3-7H2,1-2H3,(H,13,14). The lowest BCUT2D eigenvalue weighted by molar-refractivity contribution is -0.142. The summed E-state index contributed by atoms with van der Waals surface area (Å²) >= 11 is 0. The maximum atomic E-state index is 11.0. The van der Waals surface area contributed by atoms with Crippen LogP contribution in [0.15, 0.2) is 0 Å². The number of rotatable bonds is 3. The van der Waals surface area contributed by atoms with Gasteiger partial charge in [-0.3, -0.25) is 4.79 Å². The highest BCUT2D eigenvalue weighted by Gasteiger charge is 2.29. The molecule has 82 valence electrons. The Labute approximate surface area is 85.3 Å². The van der Waals surface area contributed by atoms with Gasteiger partial charge in [-0.1, -0.05) is 6.92 Å². The molecule has 1 rings (SSSR count). The van der Waals surface area contributed by atoms with E-state index >= 15 is 0 Å². The lowest BCUT2D eigenvalue weighted by Crippen LogP contribution is -2.40. The fourth-order valence-corrected chi connectivity index (χ4v) is 2.04. The average Bonchev–Trinajstić information content (AvgIpc) is 2.29. The molecule has 0 aliphatic carbocycles. The van der Waals surface area contributed by atoms with Crippen molar-refractivity contribution >= 4 is 5.97 Å². The van der Waals surface area contributed by atoms with E-state index in [1.54, 1.807) is 0 Å². The Morgan fingerprint density at radius 1 is 1.50 bits per heavy atom. The van der Waals surface area contributed by atoms with Crippen LogP contribution in [-0.2, 0) is 4.79 Å². The summed E-state index contributed by atoms with van der Waals surface area (Å²) in [6, 6.07) is 0.141. The van der Waals surface area contributed by atoms with Gasteiger partial charge < -0.3 is 15.3 Å². The molecule has 0 aromatic heterocycles. The van der Waals surface area contributed by atoms with Gasteiger partial charge in [-0.2, -0.15) is 0 Å². The Hall–Kier alpha value is -0.610. The first-order valence-electron chi connectivity index (χ1n) is 5.30. The van der Waals surface area contributed by atoms with Crippen LogP contribution in [0.3, 0.4) is 0 Å². The third kappa shape index (κ3) is 2.96. The van der Waals surface area contributed by atoms with E-state index in [-0.39, 0.29) is 12.0 Å². The fraction of sp³-hybridized carbons (Fsp3) is 0.900. The molecule has 0 aromatic carbocycles. The van der Waals surface area contributed by atoms with Crippen LogP contribution in [0.4, 0.5) is 0 Å². The number of nitrogens with zero attached hydrogens (tertiary/aromatic N) is 1. The van der Waals surface area contributed by atoms with Crippen LogP contribution in [0.1, 0.15) is 19.8 Å². The van der Waals surface area contributed by atoms with E-state index in [1.807, 2.05) is 14.0 Å². The van der Waals surface area contributed by atoms with Crippen molar-refractivity contribution in [3.8, 4) is 0 Å². The molecule has 2 atom stereocenters. The normalized spacial score (nSPS) is 29.9.